The Morgan fingerprint density at radius 2 is 1.65 bits per heavy atom. The van der Waals surface area contributed by atoms with Crippen LogP contribution in [0.25, 0.3) is 0 Å². The predicted octanol–water partition coefficient (Wildman–Crippen LogP) is 4.64. The molecule has 0 bridgehead atoms. The third-order valence-electron chi connectivity index (χ3n) is 4.18. The SMILES string of the molecule is Cc1ccc(Cn2nc(C)c(NC(=O)Nc3ccc(F)cc3)c2C)cc1. The van der Waals surface area contributed by atoms with Crippen LogP contribution in [0.4, 0.5) is 20.6 Å². The molecule has 0 aliphatic carbocycles. The van der Waals surface area contributed by atoms with Crippen molar-refractivity contribution in [2.24, 2.45) is 0 Å². The number of halogens is 1. The molecule has 0 fully saturated rings. The van der Waals surface area contributed by atoms with Gasteiger partial charge in [-0.2, -0.15) is 5.10 Å². The van der Waals surface area contributed by atoms with E-state index in [4.69, 9.17) is 0 Å². The quantitative estimate of drug-likeness (QED) is 0.719. The largest absolute Gasteiger partial charge is 0.323 e. The second kappa shape index (κ2) is 7.39. The summed E-state index contributed by atoms with van der Waals surface area (Å²) in [6.07, 6.45) is 0. The Hall–Kier alpha value is -3.15. The standard InChI is InChI=1S/C20H21FN4O/c1-13-4-6-16(7-5-13)12-25-15(3)19(14(2)24-25)23-20(26)22-18-10-8-17(21)9-11-18/h4-11H,12H2,1-3H3,(H2,22,23,26). The third-order valence-corrected chi connectivity index (χ3v) is 4.18. The van der Waals surface area contributed by atoms with Gasteiger partial charge < -0.3 is 10.6 Å². The first-order valence-corrected chi connectivity index (χ1v) is 8.35. The molecule has 2 aromatic carbocycles. The fourth-order valence-electron chi connectivity index (χ4n) is 2.71. The summed E-state index contributed by atoms with van der Waals surface area (Å²) in [4.78, 5) is 12.2. The Morgan fingerprint density at radius 3 is 2.31 bits per heavy atom. The molecule has 0 unspecified atom stereocenters. The first-order chi connectivity index (χ1) is 12.4. The van der Waals surface area contributed by atoms with Gasteiger partial charge in [0.25, 0.3) is 0 Å². The van der Waals surface area contributed by atoms with E-state index >= 15 is 0 Å². The van der Waals surface area contributed by atoms with Crippen molar-refractivity contribution < 1.29 is 9.18 Å². The van der Waals surface area contributed by atoms with Gasteiger partial charge in [-0.05, 0) is 50.6 Å². The monoisotopic (exact) mass is 352 g/mol. The Balaban J connectivity index is 1.71. The highest BCUT2D eigenvalue weighted by molar-refractivity contribution is 6.00. The minimum absolute atomic E-state index is 0.347. The molecule has 1 aromatic heterocycles. The molecule has 134 valence electrons. The lowest BCUT2D eigenvalue weighted by Crippen LogP contribution is -2.20. The number of urea groups is 1. The maximum absolute atomic E-state index is 12.9. The molecule has 0 saturated carbocycles. The van der Waals surface area contributed by atoms with Gasteiger partial charge in [-0.3, -0.25) is 4.68 Å². The molecular formula is C20H21FN4O. The van der Waals surface area contributed by atoms with Gasteiger partial charge in [0, 0.05) is 5.69 Å². The molecule has 2 amide bonds. The molecule has 0 aliphatic heterocycles. The van der Waals surface area contributed by atoms with Crippen LogP contribution in [-0.2, 0) is 6.54 Å². The molecule has 0 radical (unpaired) electrons. The van der Waals surface area contributed by atoms with Crippen molar-refractivity contribution in [1.82, 2.24) is 9.78 Å². The predicted molar refractivity (Wildman–Crippen MR) is 101 cm³/mol. The second-order valence-electron chi connectivity index (χ2n) is 6.28. The van der Waals surface area contributed by atoms with Crippen LogP contribution in [0, 0.1) is 26.6 Å². The number of rotatable bonds is 4. The van der Waals surface area contributed by atoms with Crippen molar-refractivity contribution in [2.45, 2.75) is 27.3 Å². The molecule has 26 heavy (non-hydrogen) atoms. The summed E-state index contributed by atoms with van der Waals surface area (Å²) in [5.74, 6) is -0.347. The topological polar surface area (TPSA) is 59.0 Å². The zero-order chi connectivity index (χ0) is 18.7. The van der Waals surface area contributed by atoms with Gasteiger partial charge >= 0.3 is 6.03 Å². The number of aromatic nitrogens is 2. The van der Waals surface area contributed by atoms with Crippen LogP contribution in [-0.4, -0.2) is 15.8 Å². The molecule has 1 heterocycles. The van der Waals surface area contributed by atoms with E-state index in [9.17, 15) is 9.18 Å². The number of benzene rings is 2. The zero-order valence-electron chi connectivity index (χ0n) is 15.0. The third kappa shape index (κ3) is 4.08. The number of nitrogens with zero attached hydrogens (tertiary/aromatic N) is 2. The Kier molecular flexibility index (Phi) is 5.02. The van der Waals surface area contributed by atoms with Gasteiger partial charge in [0.15, 0.2) is 0 Å². The fourth-order valence-corrected chi connectivity index (χ4v) is 2.71. The summed E-state index contributed by atoms with van der Waals surface area (Å²) in [7, 11) is 0. The first-order valence-electron chi connectivity index (χ1n) is 8.35. The molecule has 0 aliphatic rings. The van der Waals surface area contributed by atoms with Crippen molar-refractivity contribution in [1.29, 1.82) is 0 Å². The molecule has 6 heteroatoms. The van der Waals surface area contributed by atoms with Crippen LogP contribution < -0.4 is 10.6 Å². The number of carbonyl (C=O) groups is 1. The van der Waals surface area contributed by atoms with E-state index in [2.05, 4.69) is 46.9 Å². The summed E-state index contributed by atoms with van der Waals surface area (Å²) in [5, 5.41) is 10.0. The summed E-state index contributed by atoms with van der Waals surface area (Å²) in [6, 6.07) is 13.5. The number of hydrogen-bond acceptors (Lipinski definition) is 2. The van der Waals surface area contributed by atoms with Crippen molar-refractivity contribution in [3.05, 3.63) is 76.9 Å². The van der Waals surface area contributed by atoms with E-state index in [1.165, 1.54) is 29.8 Å². The van der Waals surface area contributed by atoms with E-state index < -0.39 is 6.03 Å². The van der Waals surface area contributed by atoms with Gasteiger partial charge in [-0.25, -0.2) is 9.18 Å². The second-order valence-corrected chi connectivity index (χ2v) is 6.28. The van der Waals surface area contributed by atoms with Crippen LogP contribution in [0.1, 0.15) is 22.5 Å². The molecule has 0 spiro atoms. The molecule has 3 rings (SSSR count). The Labute approximate surface area is 151 Å². The Morgan fingerprint density at radius 1 is 1.00 bits per heavy atom. The van der Waals surface area contributed by atoms with Gasteiger partial charge in [0.2, 0.25) is 0 Å². The van der Waals surface area contributed by atoms with Crippen molar-refractivity contribution in [3.8, 4) is 0 Å². The molecule has 3 aromatic rings. The number of carbonyl (C=O) groups excluding carboxylic acids is 1. The fraction of sp³-hybridized carbons (Fsp3) is 0.200. The van der Waals surface area contributed by atoms with E-state index in [1.807, 2.05) is 18.5 Å². The molecule has 0 saturated heterocycles. The minimum atomic E-state index is -0.391. The Bertz CT molecular complexity index is 914. The van der Waals surface area contributed by atoms with Crippen LogP contribution >= 0.6 is 0 Å². The summed E-state index contributed by atoms with van der Waals surface area (Å²) in [5.41, 5.74) is 5.16. The number of hydrogen-bond donors (Lipinski definition) is 2. The number of anilines is 2. The normalized spacial score (nSPS) is 10.6. The lowest BCUT2D eigenvalue weighted by molar-refractivity contribution is 0.262. The lowest BCUT2D eigenvalue weighted by atomic mass is 10.1. The maximum atomic E-state index is 12.9. The van der Waals surface area contributed by atoms with Crippen molar-refractivity contribution in [3.63, 3.8) is 0 Å². The van der Waals surface area contributed by atoms with Gasteiger partial charge in [-0.15, -0.1) is 0 Å². The van der Waals surface area contributed by atoms with Crippen LogP contribution in [0.2, 0.25) is 0 Å². The molecule has 5 nitrogen and oxygen atoms in total. The van der Waals surface area contributed by atoms with Gasteiger partial charge in [0.05, 0.1) is 23.6 Å². The van der Waals surface area contributed by atoms with Crippen molar-refractivity contribution in [2.75, 3.05) is 10.6 Å². The van der Waals surface area contributed by atoms with E-state index in [1.54, 1.807) is 0 Å². The highest BCUT2D eigenvalue weighted by Gasteiger charge is 2.14. The highest BCUT2D eigenvalue weighted by Crippen LogP contribution is 2.21. The summed E-state index contributed by atoms with van der Waals surface area (Å²) < 4.78 is 14.8. The summed E-state index contributed by atoms with van der Waals surface area (Å²) in [6.45, 7) is 6.46. The van der Waals surface area contributed by atoms with E-state index in [0.29, 0.717) is 17.9 Å². The van der Waals surface area contributed by atoms with Gasteiger partial charge in [-0.1, -0.05) is 29.8 Å². The van der Waals surface area contributed by atoms with Crippen LogP contribution in [0.3, 0.4) is 0 Å². The smallest absolute Gasteiger partial charge is 0.308 e. The lowest BCUT2D eigenvalue weighted by Gasteiger charge is -2.09. The van der Waals surface area contributed by atoms with Crippen LogP contribution in [0.15, 0.2) is 48.5 Å². The van der Waals surface area contributed by atoms with E-state index in [0.717, 1.165) is 17.0 Å². The average molecular weight is 352 g/mol. The van der Waals surface area contributed by atoms with Gasteiger partial charge in [0.1, 0.15) is 5.82 Å². The molecule has 2 N–H and O–H groups in total. The average Bonchev–Trinajstić information content (AvgIpc) is 2.86. The molecular weight excluding hydrogens is 331 g/mol. The highest BCUT2D eigenvalue weighted by atomic mass is 19.1. The minimum Gasteiger partial charge on any atom is -0.308 e. The maximum Gasteiger partial charge on any atom is 0.323 e. The number of nitrogens with one attached hydrogen (secondary N) is 2. The first kappa shape index (κ1) is 17.7. The molecule has 0 atom stereocenters. The number of aryl methyl sites for hydroxylation is 2. The zero-order valence-corrected chi connectivity index (χ0v) is 15.0. The van der Waals surface area contributed by atoms with E-state index in [-0.39, 0.29) is 5.82 Å². The van der Waals surface area contributed by atoms with Crippen LogP contribution in [0.5, 0.6) is 0 Å². The number of amides is 2. The van der Waals surface area contributed by atoms with Crippen molar-refractivity contribution >= 4 is 17.4 Å². The summed E-state index contributed by atoms with van der Waals surface area (Å²) >= 11 is 0.